The molecule has 120 valence electrons. The Hall–Kier alpha value is -2.01. The van der Waals surface area contributed by atoms with Gasteiger partial charge in [-0.05, 0) is 6.92 Å². The van der Waals surface area contributed by atoms with E-state index in [0.717, 1.165) is 0 Å². The number of rotatable bonds is 3. The molecule has 1 unspecified atom stereocenters. The molecule has 22 heavy (non-hydrogen) atoms. The predicted molar refractivity (Wildman–Crippen MR) is 75.0 cm³/mol. The maximum atomic E-state index is 11.8. The molecule has 0 saturated carbocycles. The fourth-order valence-electron chi connectivity index (χ4n) is 2.70. The summed E-state index contributed by atoms with van der Waals surface area (Å²) in [6.07, 6.45) is -2.92. The highest BCUT2D eigenvalue weighted by Gasteiger charge is 2.47. The van der Waals surface area contributed by atoms with Crippen LogP contribution >= 0.6 is 0 Å². The van der Waals surface area contributed by atoms with Crippen LogP contribution in [0.25, 0.3) is 11.2 Å². The summed E-state index contributed by atoms with van der Waals surface area (Å²) in [5.41, 5.74) is 5.33. The normalized spacial score (nSPS) is 30.0. The third-order valence-corrected chi connectivity index (χ3v) is 3.72. The summed E-state index contributed by atoms with van der Waals surface area (Å²) in [6.45, 7) is 1.54. The molecule has 5 atom stereocenters. The van der Waals surface area contributed by atoms with Gasteiger partial charge in [0.25, 0.3) is 5.56 Å². The number of nitrogens with zero attached hydrogens (tertiary/aromatic N) is 3. The van der Waals surface area contributed by atoms with Crippen LogP contribution in [0.2, 0.25) is 0 Å². The summed E-state index contributed by atoms with van der Waals surface area (Å²) >= 11 is 0. The summed E-state index contributed by atoms with van der Waals surface area (Å²) in [7, 11) is 1.42. The van der Waals surface area contributed by atoms with Crippen LogP contribution in [0.15, 0.2) is 11.1 Å². The molecule has 5 N–H and O–H groups in total. The van der Waals surface area contributed by atoms with Crippen molar-refractivity contribution in [3.8, 4) is 0 Å². The smallest absolute Gasteiger partial charge is 0.280 e. The summed E-state index contributed by atoms with van der Waals surface area (Å²) in [5.74, 6) is -0.0675. The van der Waals surface area contributed by atoms with Gasteiger partial charge in [0.05, 0.1) is 12.4 Å². The molecule has 0 aliphatic carbocycles. The molecule has 3 rings (SSSR count). The number of nitrogen functional groups attached to an aromatic ring is 1. The first kappa shape index (κ1) is 14.9. The van der Waals surface area contributed by atoms with Crippen molar-refractivity contribution < 1.29 is 19.7 Å². The number of fused-ring (bicyclic) bond motifs is 1. The zero-order valence-electron chi connectivity index (χ0n) is 12.0. The minimum Gasteiger partial charge on any atom is -0.391 e. The number of methoxy groups -OCH3 is 1. The standard InChI is InChI=1S/C12H17N5O5/c1-4(18)7-8(21-2)6(19)11(22-7)17-3-14-5-9(17)15-12(13)16-10(5)20/h3-4,6-8,11,18-19H,1-2H3,(H3,13,15,16,20)/t4-,6?,7-,8-,11-/m1/s1. The first-order valence-corrected chi connectivity index (χ1v) is 6.70. The first-order valence-electron chi connectivity index (χ1n) is 6.70. The minimum atomic E-state index is -1.07. The lowest BCUT2D eigenvalue weighted by atomic mass is 10.1. The second-order valence-corrected chi connectivity index (χ2v) is 5.20. The molecule has 3 heterocycles. The third kappa shape index (κ3) is 2.16. The van der Waals surface area contributed by atoms with E-state index in [1.165, 1.54) is 18.0 Å². The van der Waals surface area contributed by atoms with Crippen molar-refractivity contribution >= 4 is 17.1 Å². The van der Waals surface area contributed by atoms with E-state index in [0.29, 0.717) is 0 Å². The molecule has 1 fully saturated rings. The number of aromatic nitrogens is 4. The molecule has 1 saturated heterocycles. The van der Waals surface area contributed by atoms with E-state index in [9.17, 15) is 15.0 Å². The lowest BCUT2D eigenvalue weighted by molar-refractivity contribution is -0.0824. The number of hydrogen-bond acceptors (Lipinski definition) is 8. The van der Waals surface area contributed by atoms with Crippen molar-refractivity contribution in [1.29, 1.82) is 0 Å². The maximum Gasteiger partial charge on any atom is 0.280 e. The molecule has 2 aromatic rings. The highest BCUT2D eigenvalue weighted by atomic mass is 16.6. The second-order valence-electron chi connectivity index (χ2n) is 5.20. The zero-order chi connectivity index (χ0) is 16.0. The lowest BCUT2D eigenvalue weighted by Gasteiger charge is -2.20. The second kappa shape index (κ2) is 5.32. The average Bonchev–Trinajstić information content (AvgIpc) is 2.99. The number of aliphatic hydroxyl groups is 2. The molecular weight excluding hydrogens is 294 g/mol. The van der Waals surface area contributed by atoms with E-state index in [2.05, 4.69) is 15.0 Å². The molecule has 1 aliphatic rings. The SMILES string of the molecule is CO[C@@H]1C(O)[C@H](n2cnc3c(=O)[nH]c(N)nc32)O[C@@H]1[C@@H](C)O. The van der Waals surface area contributed by atoms with Crippen LogP contribution in [0.3, 0.4) is 0 Å². The van der Waals surface area contributed by atoms with E-state index < -0.39 is 36.2 Å². The number of aliphatic hydroxyl groups excluding tert-OH is 2. The van der Waals surface area contributed by atoms with Crippen molar-refractivity contribution in [3.63, 3.8) is 0 Å². The average molecular weight is 311 g/mol. The Kier molecular flexibility index (Phi) is 3.60. The van der Waals surface area contributed by atoms with Crippen molar-refractivity contribution in [2.24, 2.45) is 0 Å². The molecule has 0 spiro atoms. The molecule has 10 nitrogen and oxygen atoms in total. The van der Waals surface area contributed by atoms with Crippen LogP contribution in [0.1, 0.15) is 13.2 Å². The molecule has 0 amide bonds. The monoisotopic (exact) mass is 311 g/mol. The van der Waals surface area contributed by atoms with Crippen molar-refractivity contribution in [2.45, 2.75) is 37.6 Å². The van der Waals surface area contributed by atoms with Crippen LogP contribution in [-0.2, 0) is 9.47 Å². The van der Waals surface area contributed by atoms with Crippen molar-refractivity contribution in [1.82, 2.24) is 19.5 Å². The predicted octanol–water partition coefficient (Wildman–Crippen LogP) is -1.64. The fraction of sp³-hybridized carbons (Fsp3) is 0.583. The van der Waals surface area contributed by atoms with Gasteiger partial charge in [0.1, 0.15) is 18.3 Å². The third-order valence-electron chi connectivity index (χ3n) is 3.72. The number of H-pyrrole nitrogens is 1. The first-order chi connectivity index (χ1) is 10.4. The van der Waals surface area contributed by atoms with Crippen LogP contribution in [-0.4, -0.2) is 61.3 Å². The highest BCUT2D eigenvalue weighted by Crippen LogP contribution is 2.33. The molecule has 0 bridgehead atoms. The Bertz CT molecular complexity index is 741. The molecule has 0 aromatic carbocycles. The molecule has 1 aliphatic heterocycles. The lowest BCUT2D eigenvalue weighted by Crippen LogP contribution is -2.38. The molecular formula is C12H17N5O5. The Balaban J connectivity index is 2.06. The summed E-state index contributed by atoms with van der Waals surface area (Å²) in [5, 5.41) is 20.1. The molecule has 0 radical (unpaired) electrons. The Morgan fingerprint density at radius 3 is 2.91 bits per heavy atom. The van der Waals surface area contributed by atoms with E-state index in [1.807, 2.05) is 0 Å². The Morgan fingerprint density at radius 2 is 2.32 bits per heavy atom. The number of nitrogens with one attached hydrogen (secondary N) is 1. The number of hydrogen-bond donors (Lipinski definition) is 4. The van der Waals surface area contributed by atoms with Gasteiger partial charge in [0.2, 0.25) is 5.95 Å². The Morgan fingerprint density at radius 1 is 1.59 bits per heavy atom. The highest BCUT2D eigenvalue weighted by molar-refractivity contribution is 5.70. The van der Waals surface area contributed by atoms with Gasteiger partial charge in [-0.3, -0.25) is 14.3 Å². The van der Waals surface area contributed by atoms with Crippen LogP contribution in [0, 0.1) is 0 Å². The quantitative estimate of drug-likeness (QED) is 0.527. The summed E-state index contributed by atoms with van der Waals surface area (Å²) < 4.78 is 12.3. The van der Waals surface area contributed by atoms with Gasteiger partial charge in [0.15, 0.2) is 17.4 Å². The van der Waals surface area contributed by atoms with Crippen molar-refractivity contribution in [3.05, 3.63) is 16.7 Å². The number of nitrogens with two attached hydrogens (primary N) is 1. The minimum absolute atomic E-state index is 0.0675. The Labute approximate surface area is 124 Å². The van der Waals surface area contributed by atoms with Gasteiger partial charge in [-0.15, -0.1) is 0 Å². The van der Waals surface area contributed by atoms with Gasteiger partial charge < -0.3 is 25.4 Å². The summed E-state index contributed by atoms with van der Waals surface area (Å²) in [4.78, 5) is 22.1. The van der Waals surface area contributed by atoms with E-state index in [1.54, 1.807) is 6.92 Å². The number of aromatic amines is 1. The largest absolute Gasteiger partial charge is 0.391 e. The number of imidazole rings is 1. The summed E-state index contributed by atoms with van der Waals surface area (Å²) in [6, 6.07) is 0. The fourth-order valence-corrected chi connectivity index (χ4v) is 2.70. The van der Waals surface area contributed by atoms with Gasteiger partial charge in [0, 0.05) is 7.11 Å². The van der Waals surface area contributed by atoms with Crippen molar-refractivity contribution in [2.75, 3.05) is 12.8 Å². The van der Waals surface area contributed by atoms with E-state index in [4.69, 9.17) is 15.2 Å². The van der Waals surface area contributed by atoms with Gasteiger partial charge >= 0.3 is 0 Å². The number of anilines is 1. The zero-order valence-corrected chi connectivity index (χ0v) is 12.0. The number of ether oxygens (including phenoxy) is 2. The van der Waals surface area contributed by atoms with Crippen LogP contribution < -0.4 is 11.3 Å². The molecule has 10 heteroatoms. The van der Waals surface area contributed by atoms with E-state index in [-0.39, 0.29) is 17.1 Å². The van der Waals surface area contributed by atoms with E-state index >= 15 is 0 Å². The van der Waals surface area contributed by atoms with Gasteiger partial charge in [-0.2, -0.15) is 4.98 Å². The topological polar surface area (TPSA) is 149 Å². The maximum absolute atomic E-state index is 11.8. The van der Waals surface area contributed by atoms with Gasteiger partial charge in [-0.1, -0.05) is 0 Å². The van der Waals surface area contributed by atoms with Crippen LogP contribution in [0.4, 0.5) is 5.95 Å². The van der Waals surface area contributed by atoms with Crippen LogP contribution in [0.5, 0.6) is 0 Å². The van der Waals surface area contributed by atoms with Gasteiger partial charge in [-0.25, -0.2) is 4.98 Å². The molecule has 2 aromatic heterocycles.